The number of halogens is 1. The maximum absolute atomic E-state index is 13.4. The Kier molecular flexibility index (Phi) is 5.58. The monoisotopic (exact) mass is 355 g/mol. The van der Waals surface area contributed by atoms with E-state index in [1.165, 1.54) is 38.1 Å². The predicted molar refractivity (Wildman–Crippen MR) is 88.2 cm³/mol. The van der Waals surface area contributed by atoms with E-state index in [0.717, 1.165) is 29.0 Å². The topological polar surface area (TPSA) is 12.5 Å². The van der Waals surface area contributed by atoms with E-state index in [9.17, 15) is 4.39 Å². The van der Waals surface area contributed by atoms with Crippen molar-refractivity contribution >= 4 is 4.99 Å². The summed E-state index contributed by atoms with van der Waals surface area (Å²) in [5.41, 5.74) is 2.66. The molecule has 1 aliphatic rings. The fourth-order valence-corrected chi connectivity index (χ4v) is 3.16. The first-order chi connectivity index (χ1) is 11.3. The third kappa shape index (κ3) is 4.27. The van der Waals surface area contributed by atoms with Gasteiger partial charge in [-0.15, -0.1) is 0 Å². The van der Waals surface area contributed by atoms with Crippen LogP contribution >= 0.6 is 0 Å². The minimum atomic E-state index is -0.243. The Labute approximate surface area is 144 Å². The van der Waals surface area contributed by atoms with Gasteiger partial charge in [-0.05, 0) is 0 Å². The molecular formula is C19H20FNNiO. The molecule has 0 radical (unpaired) electrons. The zero-order valence-electron chi connectivity index (χ0n) is 12.9. The molecule has 1 saturated heterocycles. The molecule has 0 atom stereocenters. The van der Waals surface area contributed by atoms with Crippen molar-refractivity contribution in [1.29, 1.82) is 0 Å². The molecule has 0 spiro atoms. The van der Waals surface area contributed by atoms with Gasteiger partial charge in [-0.1, -0.05) is 0 Å². The summed E-state index contributed by atoms with van der Waals surface area (Å²) in [6, 6.07) is 12.4. The van der Waals surface area contributed by atoms with Gasteiger partial charge >= 0.3 is 144 Å². The first-order valence-corrected chi connectivity index (χ1v) is 8.48. The Balaban J connectivity index is 1.70. The zero-order chi connectivity index (χ0) is 16.1. The van der Waals surface area contributed by atoms with E-state index in [-0.39, 0.29) is 5.82 Å². The molecule has 0 aliphatic carbocycles. The first kappa shape index (κ1) is 16.4. The van der Waals surface area contributed by atoms with Crippen LogP contribution in [0.2, 0.25) is 0 Å². The molecule has 1 fully saturated rings. The summed E-state index contributed by atoms with van der Waals surface area (Å²) in [6.45, 7) is 3.99. The van der Waals surface area contributed by atoms with Crippen LogP contribution in [-0.4, -0.2) is 36.1 Å². The van der Waals surface area contributed by atoms with E-state index in [0.29, 0.717) is 6.61 Å². The minimum absolute atomic E-state index is 0.243. The second-order valence-corrected chi connectivity index (χ2v) is 6.03. The first-order valence-electron chi connectivity index (χ1n) is 7.91. The van der Waals surface area contributed by atoms with Crippen molar-refractivity contribution in [1.82, 2.24) is 4.90 Å². The van der Waals surface area contributed by atoms with Crippen molar-refractivity contribution in [2.75, 3.05) is 26.2 Å². The van der Waals surface area contributed by atoms with Gasteiger partial charge in [-0.2, -0.15) is 0 Å². The van der Waals surface area contributed by atoms with Crippen molar-refractivity contribution in [3.63, 3.8) is 0 Å². The maximum atomic E-state index is 13.4. The number of hydrogen-bond donors (Lipinski definition) is 0. The van der Waals surface area contributed by atoms with Crippen LogP contribution < -0.4 is 4.74 Å². The Morgan fingerprint density at radius 2 is 1.96 bits per heavy atom. The van der Waals surface area contributed by atoms with Crippen LogP contribution in [-0.2, 0) is 15.0 Å². The average molecular weight is 356 g/mol. The van der Waals surface area contributed by atoms with E-state index < -0.39 is 0 Å². The molecule has 2 nitrogen and oxygen atoms in total. The molecule has 23 heavy (non-hydrogen) atoms. The Hall–Kier alpha value is -1.51. The molecule has 0 bridgehead atoms. The Bertz CT molecular complexity index is 683. The van der Waals surface area contributed by atoms with Crippen LogP contribution in [0.3, 0.4) is 0 Å². The summed E-state index contributed by atoms with van der Waals surface area (Å²) >= 11 is 4.80. The van der Waals surface area contributed by atoms with Crippen LogP contribution in [0.4, 0.5) is 4.39 Å². The third-order valence-electron chi connectivity index (χ3n) is 4.13. The van der Waals surface area contributed by atoms with E-state index in [1.54, 1.807) is 11.1 Å². The van der Waals surface area contributed by atoms with Crippen molar-refractivity contribution in [2.24, 2.45) is 0 Å². The molecule has 0 amide bonds. The van der Waals surface area contributed by atoms with Gasteiger partial charge < -0.3 is 0 Å². The van der Waals surface area contributed by atoms with E-state index in [4.69, 9.17) is 19.8 Å². The van der Waals surface area contributed by atoms with E-state index >= 15 is 0 Å². The number of likely N-dealkylation sites (tertiary alicyclic amines) is 1. The van der Waals surface area contributed by atoms with Gasteiger partial charge in [0.2, 0.25) is 0 Å². The van der Waals surface area contributed by atoms with Crippen molar-refractivity contribution in [3.8, 4) is 16.9 Å². The summed E-state index contributed by atoms with van der Waals surface area (Å²) in [4.78, 5) is 4.08. The summed E-state index contributed by atoms with van der Waals surface area (Å²) in [5.74, 6) is 0.570. The molecular weight excluding hydrogens is 336 g/mol. The van der Waals surface area contributed by atoms with Crippen LogP contribution in [0.25, 0.3) is 11.1 Å². The van der Waals surface area contributed by atoms with Gasteiger partial charge in [0, 0.05) is 0 Å². The standard InChI is InChI=1S/C19H20FNO.Ni/c1-15-13-18(22-12-11-21-9-2-3-10-21)7-8-19(15)16-5-4-6-17(20)14-16;/h1,4-8,13-14H,2-3,9-12H2;. The number of nitrogens with zero attached hydrogens (tertiary/aromatic N) is 1. The van der Waals surface area contributed by atoms with Gasteiger partial charge in [0.05, 0.1) is 0 Å². The summed E-state index contributed by atoms with van der Waals surface area (Å²) in [6.07, 6.45) is 2.58. The number of rotatable bonds is 6. The molecule has 4 heteroatoms. The molecule has 0 saturated carbocycles. The fraction of sp³-hybridized carbons (Fsp3) is 0.316. The zero-order valence-corrected chi connectivity index (χ0v) is 13.9. The van der Waals surface area contributed by atoms with E-state index in [1.807, 2.05) is 24.3 Å². The van der Waals surface area contributed by atoms with Gasteiger partial charge in [-0.25, -0.2) is 0 Å². The van der Waals surface area contributed by atoms with Gasteiger partial charge in [0.25, 0.3) is 0 Å². The van der Waals surface area contributed by atoms with Crippen LogP contribution in [0.1, 0.15) is 18.4 Å². The van der Waals surface area contributed by atoms with Gasteiger partial charge in [0.15, 0.2) is 0 Å². The summed E-state index contributed by atoms with van der Waals surface area (Å²) in [5, 5.41) is 0. The molecule has 1 aliphatic heterocycles. The molecule has 2 aromatic rings. The predicted octanol–water partition coefficient (Wildman–Crippen LogP) is 3.66. The van der Waals surface area contributed by atoms with Gasteiger partial charge in [-0.3, -0.25) is 0 Å². The van der Waals surface area contributed by atoms with Crippen LogP contribution in [0, 0.1) is 5.82 Å². The number of benzene rings is 2. The molecule has 2 aromatic carbocycles. The second kappa shape index (κ2) is 7.85. The average Bonchev–Trinajstić information content (AvgIpc) is 3.08. The molecule has 3 rings (SSSR count). The van der Waals surface area contributed by atoms with E-state index in [2.05, 4.69) is 4.90 Å². The normalized spacial score (nSPS) is 14.9. The summed E-state index contributed by atoms with van der Waals surface area (Å²) < 4.78 is 19.3. The molecule has 124 valence electrons. The SMILES string of the molecule is Fc1cccc(-c2ccc(OCCN3CCCC3)cc2[CH]=[Ni])c1. The van der Waals surface area contributed by atoms with Crippen LogP contribution in [0.15, 0.2) is 42.5 Å². The molecule has 0 aromatic heterocycles. The molecule has 0 N–H and O–H groups in total. The second-order valence-electron chi connectivity index (χ2n) is 5.75. The Morgan fingerprint density at radius 1 is 1.13 bits per heavy atom. The van der Waals surface area contributed by atoms with Crippen LogP contribution in [0.5, 0.6) is 5.75 Å². The number of hydrogen-bond acceptors (Lipinski definition) is 2. The Morgan fingerprint density at radius 3 is 2.70 bits per heavy atom. The van der Waals surface area contributed by atoms with Crippen molar-refractivity contribution in [3.05, 3.63) is 53.8 Å². The fourth-order valence-electron chi connectivity index (χ4n) is 2.92. The van der Waals surface area contributed by atoms with Gasteiger partial charge in [0.1, 0.15) is 0 Å². The van der Waals surface area contributed by atoms with Crippen molar-refractivity contribution in [2.45, 2.75) is 12.8 Å². The quantitative estimate of drug-likeness (QED) is 0.733. The third-order valence-corrected chi connectivity index (χ3v) is 4.44. The molecule has 1 heterocycles. The summed E-state index contributed by atoms with van der Waals surface area (Å²) in [7, 11) is 0. The van der Waals surface area contributed by atoms with Crippen molar-refractivity contribution < 1.29 is 24.2 Å². The number of ether oxygens (including phenoxy) is 1. The molecule has 0 unspecified atom stereocenters.